The standard InChI is InChI=1S/2C13H8Br.C2H6Si.2ClH.Zr/c2*14-11-5-6-13-10(8-11)7-9-3-1-2-4-12(9)13;1-3-2;;;/h2*1-8H;1-2H3;2*1H;/q2*-1;;;;+2/p-2. The summed E-state index contributed by atoms with van der Waals surface area (Å²) in [5.41, 5.74) is 0.210. The first-order valence-corrected chi connectivity index (χ1v) is 18.2. The first-order valence-electron chi connectivity index (χ1n) is 10.4. The minimum absolute atomic E-state index is 0. The van der Waals surface area contributed by atoms with Crippen molar-refractivity contribution >= 4 is 80.4 Å². The Morgan fingerprint density at radius 2 is 0.882 bits per heavy atom. The van der Waals surface area contributed by atoms with Crippen LogP contribution in [0.5, 0.6) is 0 Å². The Balaban J connectivity index is 0.000000198. The van der Waals surface area contributed by atoms with E-state index in [1.807, 2.05) is 0 Å². The molecule has 0 spiro atoms. The fourth-order valence-corrected chi connectivity index (χ4v) is 4.63. The summed E-state index contributed by atoms with van der Waals surface area (Å²) >= 11 is 8.72. The molecule has 0 N–H and O–H groups in total. The van der Waals surface area contributed by atoms with Crippen LogP contribution in [0, 0.1) is 0 Å². The van der Waals surface area contributed by atoms with Gasteiger partial charge in [-0.25, -0.2) is 0 Å². The molecule has 0 fully saturated rings. The molecule has 0 nitrogen and oxygen atoms in total. The third kappa shape index (κ3) is 7.15. The van der Waals surface area contributed by atoms with E-state index in [4.69, 9.17) is 0 Å². The Kier molecular flexibility index (Phi) is 11.7. The summed E-state index contributed by atoms with van der Waals surface area (Å²) in [5, 5.41) is 10.6. The van der Waals surface area contributed by atoms with E-state index in [0.29, 0.717) is 0 Å². The van der Waals surface area contributed by atoms with Gasteiger partial charge in [0.25, 0.3) is 0 Å². The van der Waals surface area contributed by atoms with Gasteiger partial charge in [-0.3, -0.25) is 0 Å². The number of hydrogen-bond acceptors (Lipinski definition) is 0. The zero-order valence-electron chi connectivity index (χ0n) is 18.7. The molecule has 0 saturated heterocycles. The SMILES string of the molecule is Brc1ccc2c(c1)[cH-]c1ccccc12.Brc1ccc2c(c1)[cH-]c1ccccc12.C[Si](C)=[Zr+2].[Cl-].[Cl-]. The van der Waals surface area contributed by atoms with Gasteiger partial charge in [-0.15, -0.1) is 79.5 Å². The van der Waals surface area contributed by atoms with Gasteiger partial charge in [-0.2, -0.15) is 0 Å². The van der Waals surface area contributed by atoms with Gasteiger partial charge >= 0.3 is 41.9 Å². The molecule has 0 bridgehead atoms. The molecule has 0 heterocycles. The first-order chi connectivity index (χ1) is 15.4. The van der Waals surface area contributed by atoms with Gasteiger partial charge in [0.1, 0.15) is 0 Å². The smallest absolute Gasteiger partial charge is 1.00 e. The van der Waals surface area contributed by atoms with E-state index in [1.54, 1.807) is 23.3 Å². The van der Waals surface area contributed by atoms with Crippen LogP contribution in [0.4, 0.5) is 0 Å². The van der Waals surface area contributed by atoms with Crippen LogP contribution in [0.2, 0.25) is 13.1 Å². The maximum atomic E-state index is 3.49. The van der Waals surface area contributed by atoms with E-state index in [0.717, 1.165) is 8.95 Å². The fraction of sp³-hybridized carbons (Fsp3) is 0.0714. The molecule has 0 saturated carbocycles. The first kappa shape index (κ1) is 29.5. The van der Waals surface area contributed by atoms with Crippen molar-refractivity contribution in [3.63, 3.8) is 0 Å². The predicted molar refractivity (Wildman–Crippen MR) is 147 cm³/mol. The summed E-state index contributed by atoms with van der Waals surface area (Å²) in [5.74, 6) is 0. The Morgan fingerprint density at radius 1 is 0.559 bits per heavy atom. The van der Waals surface area contributed by atoms with Gasteiger partial charge in [0.2, 0.25) is 0 Å². The molecule has 172 valence electrons. The number of benzene rings is 4. The third-order valence-corrected chi connectivity index (χ3v) is 6.14. The van der Waals surface area contributed by atoms with Crippen molar-refractivity contribution in [3.8, 4) is 0 Å². The Hall–Kier alpha value is -0.740. The molecule has 0 amide bonds. The maximum Gasteiger partial charge on any atom is -1.00 e. The van der Waals surface area contributed by atoms with Gasteiger partial charge in [-0.05, 0) is 8.95 Å². The maximum absolute atomic E-state index is 3.49. The molecule has 0 aliphatic heterocycles. The quantitative estimate of drug-likeness (QED) is 0.167. The predicted octanol–water partition coefficient (Wildman–Crippen LogP) is 3.74. The molecule has 0 unspecified atom stereocenters. The van der Waals surface area contributed by atoms with Crippen LogP contribution in [0.25, 0.3) is 43.1 Å². The molecule has 0 atom stereocenters. The minimum Gasteiger partial charge on any atom is -1.00 e. The summed E-state index contributed by atoms with van der Waals surface area (Å²) in [7, 11) is 0. The van der Waals surface area contributed by atoms with Crippen LogP contribution < -0.4 is 24.8 Å². The minimum atomic E-state index is 0. The molecule has 6 rings (SSSR count). The van der Waals surface area contributed by atoms with Crippen LogP contribution in [0.15, 0.2) is 106 Å². The van der Waals surface area contributed by atoms with Gasteiger partial charge in [-0.1, -0.05) is 92.5 Å². The van der Waals surface area contributed by atoms with Gasteiger partial charge < -0.3 is 24.8 Å². The zero-order chi connectivity index (χ0) is 22.7. The van der Waals surface area contributed by atoms with Crippen molar-refractivity contribution < 1.29 is 48.1 Å². The molecule has 0 aliphatic carbocycles. The summed E-state index contributed by atoms with van der Waals surface area (Å²) in [6.07, 6.45) is 0. The molecular formula is C28H22Br2Cl2SiZr-2. The number of hydrogen-bond donors (Lipinski definition) is 0. The van der Waals surface area contributed by atoms with Crippen molar-refractivity contribution in [1.82, 2.24) is 0 Å². The van der Waals surface area contributed by atoms with Crippen LogP contribution in [0.3, 0.4) is 0 Å². The summed E-state index contributed by atoms with van der Waals surface area (Å²) in [6, 6.07) is 34.3. The molecule has 6 aromatic rings. The molecular weight excluding hydrogens is 686 g/mol. The summed E-state index contributed by atoms with van der Waals surface area (Å²) < 4.78 is 2.28. The molecule has 34 heavy (non-hydrogen) atoms. The number of fused-ring (bicyclic) bond motifs is 6. The van der Waals surface area contributed by atoms with Gasteiger partial charge in [0.05, 0.1) is 0 Å². The van der Waals surface area contributed by atoms with Crippen molar-refractivity contribution in [3.05, 3.63) is 106 Å². The second kappa shape index (κ2) is 13.5. The van der Waals surface area contributed by atoms with Crippen molar-refractivity contribution in [1.29, 1.82) is 0 Å². The zero-order valence-corrected chi connectivity index (χ0v) is 26.9. The largest absolute Gasteiger partial charge is 1.00 e. The Bertz CT molecular complexity index is 1440. The van der Waals surface area contributed by atoms with Crippen LogP contribution in [-0.2, 0) is 23.3 Å². The van der Waals surface area contributed by atoms with E-state index < -0.39 is 0 Å². The van der Waals surface area contributed by atoms with Crippen molar-refractivity contribution in [2.75, 3.05) is 0 Å². The molecule has 0 radical (unpaired) electrons. The van der Waals surface area contributed by atoms with E-state index in [9.17, 15) is 0 Å². The summed E-state index contributed by atoms with van der Waals surface area (Å²) in [6.45, 7) is 4.62. The van der Waals surface area contributed by atoms with E-state index in [1.165, 1.54) is 43.1 Å². The topological polar surface area (TPSA) is 0 Å². The van der Waals surface area contributed by atoms with E-state index >= 15 is 0 Å². The van der Waals surface area contributed by atoms with Crippen molar-refractivity contribution in [2.24, 2.45) is 0 Å². The van der Waals surface area contributed by atoms with Crippen LogP contribution >= 0.6 is 31.9 Å². The van der Waals surface area contributed by atoms with E-state index in [2.05, 4.69) is 142 Å². The number of halogens is 4. The van der Waals surface area contributed by atoms with Crippen LogP contribution in [0.1, 0.15) is 0 Å². The van der Waals surface area contributed by atoms with E-state index in [-0.39, 0.29) is 30.2 Å². The molecule has 0 aromatic heterocycles. The second-order valence-electron chi connectivity index (χ2n) is 7.93. The molecule has 6 aromatic carbocycles. The van der Waals surface area contributed by atoms with Gasteiger partial charge in [0, 0.05) is 0 Å². The molecule has 6 heteroatoms. The number of rotatable bonds is 0. The normalized spacial score (nSPS) is 10.1. The Morgan fingerprint density at radius 3 is 1.26 bits per heavy atom. The fourth-order valence-electron chi connectivity index (χ4n) is 3.87. The van der Waals surface area contributed by atoms with Gasteiger partial charge in [0.15, 0.2) is 0 Å². The third-order valence-electron chi connectivity index (χ3n) is 5.15. The monoisotopic (exact) mass is 704 g/mol. The second-order valence-corrected chi connectivity index (χ2v) is 19.1. The van der Waals surface area contributed by atoms with Crippen molar-refractivity contribution in [2.45, 2.75) is 13.1 Å². The summed E-state index contributed by atoms with van der Waals surface area (Å²) in [4.78, 5) is 0. The Labute approximate surface area is 245 Å². The average molecular weight is 709 g/mol. The van der Waals surface area contributed by atoms with Crippen LogP contribution in [-0.4, -0.2) is 5.43 Å². The average Bonchev–Trinajstić information content (AvgIpc) is 3.30. The molecule has 0 aliphatic rings.